The molecule has 1 aromatic rings. The Morgan fingerprint density at radius 2 is 1.95 bits per heavy atom. The SMILES string of the molecule is CC1CCCC(N(C)C(=O)NCC(C)(C)c2ccccc2)C1. The molecule has 3 nitrogen and oxygen atoms in total. The second-order valence-corrected chi connectivity index (χ2v) is 7.45. The highest BCUT2D eigenvalue weighted by atomic mass is 16.2. The summed E-state index contributed by atoms with van der Waals surface area (Å²) in [6, 6.07) is 10.8. The molecule has 2 atom stereocenters. The lowest BCUT2D eigenvalue weighted by Gasteiger charge is -2.35. The molecule has 1 aromatic carbocycles. The van der Waals surface area contributed by atoms with E-state index in [1.165, 1.54) is 18.4 Å². The van der Waals surface area contributed by atoms with E-state index >= 15 is 0 Å². The number of carbonyl (C=O) groups excluding carboxylic acids is 1. The molecule has 1 aliphatic rings. The summed E-state index contributed by atoms with van der Waals surface area (Å²) < 4.78 is 0. The maximum Gasteiger partial charge on any atom is 0.317 e. The Hall–Kier alpha value is -1.51. The van der Waals surface area contributed by atoms with E-state index in [-0.39, 0.29) is 11.4 Å². The molecule has 0 heterocycles. The second-order valence-electron chi connectivity index (χ2n) is 7.45. The van der Waals surface area contributed by atoms with Gasteiger partial charge in [-0.25, -0.2) is 4.79 Å². The number of benzene rings is 1. The van der Waals surface area contributed by atoms with Crippen LogP contribution in [-0.4, -0.2) is 30.6 Å². The van der Waals surface area contributed by atoms with Crippen LogP contribution in [0.1, 0.15) is 52.0 Å². The number of amides is 2. The zero-order chi connectivity index (χ0) is 16.2. The van der Waals surface area contributed by atoms with E-state index in [0.717, 1.165) is 18.8 Å². The zero-order valence-corrected chi connectivity index (χ0v) is 14.4. The van der Waals surface area contributed by atoms with Gasteiger partial charge in [0.15, 0.2) is 0 Å². The highest BCUT2D eigenvalue weighted by Gasteiger charge is 2.27. The monoisotopic (exact) mass is 302 g/mol. The summed E-state index contributed by atoms with van der Waals surface area (Å²) in [6.45, 7) is 7.29. The van der Waals surface area contributed by atoms with E-state index in [2.05, 4.69) is 50.4 Å². The first kappa shape index (κ1) is 16.9. The molecule has 0 aliphatic heterocycles. The first-order valence-corrected chi connectivity index (χ1v) is 8.46. The number of nitrogens with zero attached hydrogens (tertiary/aromatic N) is 1. The van der Waals surface area contributed by atoms with Crippen molar-refractivity contribution < 1.29 is 4.79 Å². The van der Waals surface area contributed by atoms with Crippen molar-refractivity contribution in [3.8, 4) is 0 Å². The maximum atomic E-state index is 12.4. The molecule has 1 aliphatic carbocycles. The Labute approximate surface area is 135 Å². The predicted octanol–water partition coefficient (Wildman–Crippen LogP) is 4.18. The summed E-state index contributed by atoms with van der Waals surface area (Å²) in [5.74, 6) is 0.731. The van der Waals surface area contributed by atoms with Gasteiger partial charge in [-0.2, -0.15) is 0 Å². The minimum atomic E-state index is -0.0579. The molecule has 2 unspecified atom stereocenters. The van der Waals surface area contributed by atoms with Crippen LogP contribution in [0.15, 0.2) is 30.3 Å². The third kappa shape index (κ3) is 4.25. The topological polar surface area (TPSA) is 32.3 Å². The molecule has 0 bridgehead atoms. The predicted molar refractivity (Wildman–Crippen MR) is 92.0 cm³/mol. The fourth-order valence-corrected chi connectivity index (χ4v) is 3.33. The van der Waals surface area contributed by atoms with Crippen LogP contribution in [0.5, 0.6) is 0 Å². The first-order valence-electron chi connectivity index (χ1n) is 8.46. The molecular weight excluding hydrogens is 272 g/mol. The van der Waals surface area contributed by atoms with E-state index in [1.807, 2.05) is 18.0 Å². The van der Waals surface area contributed by atoms with Gasteiger partial charge in [0, 0.05) is 25.0 Å². The van der Waals surface area contributed by atoms with Crippen molar-refractivity contribution in [1.29, 1.82) is 0 Å². The van der Waals surface area contributed by atoms with Crippen LogP contribution >= 0.6 is 0 Å². The third-order valence-corrected chi connectivity index (χ3v) is 5.01. The summed E-state index contributed by atoms with van der Waals surface area (Å²) in [5, 5.41) is 3.12. The Bertz CT molecular complexity index is 483. The van der Waals surface area contributed by atoms with Crippen molar-refractivity contribution in [3.05, 3.63) is 35.9 Å². The van der Waals surface area contributed by atoms with Crippen LogP contribution in [0.4, 0.5) is 4.79 Å². The van der Waals surface area contributed by atoms with Gasteiger partial charge in [-0.05, 0) is 24.3 Å². The van der Waals surface area contributed by atoms with E-state index in [0.29, 0.717) is 12.6 Å². The van der Waals surface area contributed by atoms with Crippen LogP contribution in [0, 0.1) is 5.92 Å². The number of carbonyl (C=O) groups is 1. The molecule has 0 radical (unpaired) electrons. The number of hydrogen-bond donors (Lipinski definition) is 1. The van der Waals surface area contributed by atoms with Crippen LogP contribution in [-0.2, 0) is 5.41 Å². The molecule has 1 fully saturated rings. The molecule has 3 heteroatoms. The lowest BCUT2D eigenvalue weighted by molar-refractivity contribution is 0.159. The van der Waals surface area contributed by atoms with E-state index < -0.39 is 0 Å². The summed E-state index contributed by atoms with van der Waals surface area (Å²) in [6.07, 6.45) is 4.80. The summed E-state index contributed by atoms with van der Waals surface area (Å²) in [5.41, 5.74) is 1.20. The van der Waals surface area contributed by atoms with Crippen LogP contribution in [0.3, 0.4) is 0 Å². The van der Waals surface area contributed by atoms with Gasteiger partial charge in [0.25, 0.3) is 0 Å². The zero-order valence-electron chi connectivity index (χ0n) is 14.4. The largest absolute Gasteiger partial charge is 0.337 e. The molecule has 22 heavy (non-hydrogen) atoms. The molecular formula is C19H30N2O. The van der Waals surface area contributed by atoms with Crippen molar-refractivity contribution in [2.75, 3.05) is 13.6 Å². The smallest absolute Gasteiger partial charge is 0.317 e. The van der Waals surface area contributed by atoms with Gasteiger partial charge in [-0.3, -0.25) is 0 Å². The molecule has 0 spiro atoms. The molecule has 0 aromatic heterocycles. The summed E-state index contributed by atoms with van der Waals surface area (Å²) in [4.78, 5) is 14.4. The van der Waals surface area contributed by atoms with E-state index in [9.17, 15) is 4.79 Å². The summed E-state index contributed by atoms with van der Waals surface area (Å²) in [7, 11) is 1.94. The van der Waals surface area contributed by atoms with E-state index in [1.54, 1.807) is 0 Å². The fourth-order valence-electron chi connectivity index (χ4n) is 3.33. The van der Waals surface area contributed by atoms with Crippen LogP contribution in [0.2, 0.25) is 0 Å². The molecule has 0 saturated heterocycles. The van der Waals surface area contributed by atoms with Gasteiger partial charge in [0.2, 0.25) is 0 Å². The quantitative estimate of drug-likeness (QED) is 0.889. The second kappa shape index (κ2) is 7.17. The average Bonchev–Trinajstić information content (AvgIpc) is 2.53. The van der Waals surface area contributed by atoms with Gasteiger partial charge in [-0.15, -0.1) is 0 Å². The standard InChI is InChI=1S/C19H30N2O/c1-15-9-8-12-17(13-15)21(4)18(22)20-14-19(2,3)16-10-6-5-7-11-16/h5-7,10-11,15,17H,8-9,12-14H2,1-4H3,(H,20,22). The van der Waals surface area contributed by atoms with Gasteiger partial charge in [0.05, 0.1) is 0 Å². The molecule has 1 N–H and O–H groups in total. The fraction of sp³-hybridized carbons (Fsp3) is 0.632. The Balaban J connectivity index is 1.89. The first-order chi connectivity index (χ1) is 10.4. The van der Waals surface area contributed by atoms with Crippen molar-refractivity contribution in [3.63, 3.8) is 0 Å². The molecule has 2 amide bonds. The summed E-state index contributed by atoms with van der Waals surface area (Å²) >= 11 is 0. The van der Waals surface area contributed by atoms with Crippen molar-refractivity contribution >= 4 is 6.03 Å². The highest BCUT2D eigenvalue weighted by Crippen LogP contribution is 2.27. The minimum absolute atomic E-state index is 0.0579. The molecule has 2 rings (SSSR count). The normalized spacial score (nSPS) is 22.2. The van der Waals surface area contributed by atoms with Gasteiger partial charge < -0.3 is 10.2 Å². The Kier molecular flexibility index (Phi) is 5.49. The minimum Gasteiger partial charge on any atom is -0.337 e. The van der Waals surface area contributed by atoms with Crippen LogP contribution in [0.25, 0.3) is 0 Å². The molecule has 1 saturated carbocycles. The average molecular weight is 302 g/mol. The van der Waals surface area contributed by atoms with Gasteiger partial charge in [0.1, 0.15) is 0 Å². The Morgan fingerprint density at radius 1 is 1.27 bits per heavy atom. The number of urea groups is 1. The lowest BCUT2D eigenvalue weighted by atomic mass is 9.84. The van der Waals surface area contributed by atoms with Crippen LogP contribution < -0.4 is 5.32 Å². The Morgan fingerprint density at radius 3 is 2.59 bits per heavy atom. The van der Waals surface area contributed by atoms with Gasteiger partial charge in [-0.1, -0.05) is 63.9 Å². The lowest BCUT2D eigenvalue weighted by Crippen LogP contribution is -2.48. The van der Waals surface area contributed by atoms with Crippen molar-refractivity contribution in [2.45, 2.75) is 57.9 Å². The van der Waals surface area contributed by atoms with Gasteiger partial charge >= 0.3 is 6.03 Å². The van der Waals surface area contributed by atoms with Crippen molar-refractivity contribution in [2.24, 2.45) is 5.92 Å². The van der Waals surface area contributed by atoms with E-state index in [4.69, 9.17) is 0 Å². The highest BCUT2D eigenvalue weighted by molar-refractivity contribution is 5.74. The maximum absolute atomic E-state index is 12.4. The molecule has 122 valence electrons. The number of hydrogen-bond acceptors (Lipinski definition) is 1. The third-order valence-electron chi connectivity index (χ3n) is 5.01. The number of nitrogens with one attached hydrogen (secondary N) is 1. The number of rotatable bonds is 4. The van der Waals surface area contributed by atoms with Crippen molar-refractivity contribution in [1.82, 2.24) is 10.2 Å².